The number of carbonyl (C=O) groups excluding carboxylic acids is 1. The second-order valence-electron chi connectivity index (χ2n) is 7.42. The van der Waals surface area contributed by atoms with Gasteiger partial charge in [-0.3, -0.25) is 4.79 Å². The molecule has 0 spiro atoms. The maximum Gasteiger partial charge on any atom is 0.252 e. The molecule has 1 N–H and O–H groups in total. The molecule has 1 atom stereocenters. The lowest BCUT2D eigenvalue weighted by atomic mass is 10.1. The minimum atomic E-state index is -2.96. The summed E-state index contributed by atoms with van der Waals surface area (Å²) in [5, 5.41) is 2.86. The molecule has 1 amide bonds. The van der Waals surface area contributed by atoms with E-state index in [1.54, 1.807) is 24.4 Å². The third-order valence-electron chi connectivity index (χ3n) is 5.12. The number of amides is 1. The number of oxazole rings is 1. The summed E-state index contributed by atoms with van der Waals surface area (Å²) in [6, 6.07) is 15.0. The Bertz CT molecular complexity index is 1130. The molecule has 1 aromatic heterocycles. The van der Waals surface area contributed by atoms with Crippen LogP contribution in [0, 0.1) is 12.8 Å². The zero-order chi connectivity index (χ0) is 20.4. The highest BCUT2D eigenvalue weighted by atomic mass is 32.2. The Morgan fingerprint density at radius 2 is 1.93 bits per heavy atom. The third kappa shape index (κ3) is 4.40. The number of sulfone groups is 1. The number of hydrogen-bond acceptors (Lipinski definition) is 5. The highest BCUT2D eigenvalue weighted by molar-refractivity contribution is 7.91. The molecule has 0 bridgehead atoms. The van der Waals surface area contributed by atoms with E-state index in [-0.39, 0.29) is 23.3 Å². The van der Waals surface area contributed by atoms with Crippen molar-refractivity contribution in [1.29, 1.82) is 0 Å². The molecule has 1 aliphatic rings. The maximum atomic E-state index is 12.7. The normalized spacial score (nSPS) is 17.9. The van der Waals surface area contributed by atoms with Crippen molar-refractivity contribution in [2.45, 2.75) is 13.3 Å². The maximum absolute atomic E-state index is 12.7. The number of nitrogens with one attached hydrogen (secondary N) is 1. The quantitative estimate of drug-likeness (QED) is 0.696. The van der Waals surface area contributed by atoms with Crippen LogP contribution in [0.1, 0.15) is 22.3 Å². The summed E-state index contributed by atoms with van der Waals surface area (Å²) in [5.74, 6) is 1.03. The van der Waals surface area contributed by atoms with Gasteiger partial charge in [0.25, 0.3) is 5.91 Å². The first-order chi connectivity index (χ1) is 13.9. The van der Waals surface area contributed by atoms with Crippen LogP contribution in [-0.4, -0.2) is 37.4 Å². The largest absolute Gasteiger partial charge is 0.436 e. The van der Waals surface area contributed by atoms with Crippen LogP contribution >= 0.6 is 0 Å². The average molecular weight is 410 g/mol. The van der Waals surface area contributed by atoms with Gasteiger partial charge in [0.2, 0.25) is 5.89 Å². The van der Waals surface area contributed by atoms with Crippen LogP contribution < -0.4 is 5.32 Å². The van der Waals surface area contributed by atoms with Gasteiger partial charge in [0.05, 0.1) is 23.3 Å². The molecule has 2 aromatic carbocycles. The summed E-state index contributed by atoms with van der Waals surface area (Å²) in [6.45, 7) is 2.36. The highest BCUT2D eigenvalue weighted by Gasteiger charge is 2.28. The fraction of sp³-hybridized carbons (Fsp3) is 0.273. The summed E-state index contributed by atoms with van der Waals surface area (Å²) < 4.78 is 29.1. The summed E-state index contributed by atoms with van der Waals surface area (Å²) in [6.07, 6.45) is 2.24. The Balaban J connectivity index is 1.52. The second kappa shape index (κ2) is 7.83. The van der Waals surface area contributed by atoms with Gasteiger partial charge in [-0.05, 0) is 31.4 Å². The van der Waals surface area contributed by atoms with Crippen LogP contribution in [0.3, 0.4) is 0 Å². The Morgan fingerprint density at radius 3 is 2.66 bits per heavy atom. The number of nitrogens with zero attached hydrogens (tertiary/aromatic N) is 1. The van der Waals surface area contributed by atoms with Crippen molar-refractivity contribution in [3.05, 3.63) is 65.9 Å². The first-order valence-electron chi connectivity index (χ1n) is 9.52. The number of benzene rings is 2. The number of hydrogen-bond donors (Lipinski definition) is 1. The van der Waals surface area contributed by atoms with Gasteiger partial charge in [-0.25, -0.2) is 13.4 Å². The van der Waals surface area contributed by atoms with Crippen LogP contribution in [0.2, 0.25) is 0 Å². The van der Waals surface area contributed by atoms with E-state index in [1.807, 2.05) is 37.3 Å². The van der Waals surface area contributed by atoms with Gasteiger partial charge < -0.3 is 9.73 Å². The molecule has 2 heterocycles. The van der Waals surface area contributed by atoms with Crippen LogP contribution in [0.25, 0.3) is 22.8 Å². The molecule has 7 heteroatoms. The van der Waals surface area contributed by atoms with Crippen molar-refractivity contribution in [1.82, 2.24) is 10.3 Å². The standard InChI is InChI=1S/C22H22N2O4S/c1-15-6-8-17(9-7-15)20-13-24-22(28-20)19-5-3-2-4-18(19)21(25)23-12-16-10-11-29(26,27)14-16/h2-9,13,16H,10-12,14H2,1H3,(H,23,25)/t16-/m0/s1. The molecule has 29 heavy (non-hydrogen) atoms. The lowest BCUT2D eigenvalue weighted by Crippen LogP contribution is -2.30. The Labute approximate surface area is 169 Å². The monoisotopic (exact) mass is 410 g/mol. The summed E-state index contributed by atoms with van der Waals surface area (Å²) in [7, 11) is -2.96. The molecule has 0 unspecified atom stereocenters. The smallest absolute Gasteiger partial charge is 0.252 e. The fourth-order valence-electron chi connectivity index (χ4n) is 3.48. The number of carbonyl (C=O) groups is 1. The molecule has 150 valence electrons. The SMILES string of the molecule is Cc1ccc(-c2cnc(-c3ccccc3C(=O)NC[C@@H]3CCS(=O)(=O)C3)o2)cc1. The highest BCUT2D eigenvalue weighted by Crippen LogP contribution is 2.28. The summed E-state index contributed by atoms with van der Waals surface area (Å²) in [5.41, 5.74) is 3.12. The lowest BCUT2D eigenvalue weighted by Gasteiger charge is -2.11. The van der Waals surface area contributed by atoms with Crippen LogP contribution in [0.15, 0.2) is 59.1 Å². The van der Waals surface area contributed by atoms with Gasteiger partial charge in [0.15, 0.2) is 15.6 Å². The molecule has 3 aromatic rings. The Kier molecular flexibility index (Phi) is 5.24. The molecule has 1 saturated heterocycles. The van der Waals surface area contributed by atoms with Crippen molar-refractivity contribution in [2.24, 2.45) is 5.92 Å². The Morgan fingerprint density at radius 1 is 1.17 bits per heavy atom. The molecule has 0 aliphatic carbocycles. The van der Waals surface area contributed by atoms with Crippen LogP contribution in [0.4, 0.5) is 0 Å². The van der Waals surface area contributed by atoms with Crippen molar-refractivity contribution < 1.29 is 17.6 Å². The molecule has 4 rings (SSSR count). The molecule has 1 fully saturated rings. The van der Waals surface area contributed by atoms with Crippen molar-refractivity contribution in [3.63, 3.8) is 0 Å². The van der Waals surface area contributed by atoms with Crippen molar-refractivity contribution in [3.8, 4) is 22.8 Å². The number of rotatable bonds is 5. The van der Waals surface area contributed by atoms with E-state index in [0.29, 0.717) is 35.7 Å². The van der Waals surface area contributed by atoms with Gasteiger partial charge in [-0.15, -0.1) is 0 Å². The van der Waals surface area contributed by atoms with E-state index in [0.717, 1.165) is 11.1 Å². The van der Waals surface area contributed by atoms with E-state index < -0.39 is 9.84 Å². The predicted molar refractivity (Wildman–Crippen MR) is 111 cm³/mol. The predicted octanol–water partition coefficient (Wildman–Crippen LogP) is 3.48. The van der Waals surface area contributed by atoms with E-state index in [4.69, 9.17) is 4.42 Å². The first-order valence-corrected chi connectivity index (χ1v) is 11.3. The zero-order valence-corrected chi connectivity index (χ0v) is 16.9. The fourth-order valence-corrected chi connectivity index (χ4v) is 5.34. The van der Waals surface area contributed by atoms with Crippen molar-refractivity contribution in [2.75, 3.05) is 18.1 Å². The van der Waals surface area contributed by atoms with Crippen molar-refractivity contribution >= 4 is 15.7 Å². The van der Waals surface area contributed by atoms with Gasteiger partial charge in [-0.2, -0.15) is 0 Å². The third-order valence-corrected chi connectivity index (χ3v) is 6.96. The van der Waals surface area contributed by atoms with Gasteiger partial charge >= 0.3 is 0 Å². The molecular formula is C22H22N2O4S. The second-order valence-corrected chi connectivity index (χ2v) is 9.65. The van der Waals surface area contributed by atoms with Crippen LogP contribution in [0.5, 0.6) is 0 Å². The summed E-state index contributed by atoms with van der Waals surface area (Å²) >= 11 is 0. The zero-order valence-electron chi connectivity index (χ0n) is 16.1. The molecular weight excluding hydrogens is 388 g/mol. The molecule has 1 aliphatic heterocycles. The topological polar surface area (TPSA) is 89.3 Å². The van der Waals surface area contributed by atoms with Gasteiger partial charge in [0, 0.05) is 17.7 Å². The molecule has 0 saturated carbocycles. The molecule has 6 nitrogen and oxygen atoms in total. The summed E-state index contributed by atoms with van der Waals surface area (Å²) in [4.78, 5) is 17.1. The number of aryl methyl sites for hydroxylation is 1. The molecule has 0 radical (unpaired) electrons. The minimum absolute atomic E-state index is 0.0361. The first kappa shape index (κ1) is 19.4. The Hall–Kier alpha value is -2.93. The van der Waals surface area contributed by atoms with Gasteiger partial charge in [0.1, 0.15) is 0 Å². The van der Waals surface area contributed by atoms with E-state index in [9.17, 15) is 13.2 Å². The number of aromatic nitrogens is 1. The average Bonchev–Trinajstić information content (AvgIpc) is 3.33. The van der Waals surface area contributed by atoms with E-state index >= 15 is 0 Å². The lowest BCUT2D eigenvalue weighted by molar-refractivity contribution is 0.0949. The van der Waals surface area contributed by atoms with E-state index in [1.165, 1.54) is 0 Å². The van der Waals surface area contributed by atoms with E-state index in [2.05, 4.69) is 10.3 Å². The van der Waals surface area contributed by atoms with Crippen LogP contribution in [-0.2, 0) is 9.84 Å². The minimum Gasteiger partial charge on any atom is -0.436 e. The van der Waals surface area contributed by atoms with Gasteiger partial charge in [-0.1, -0.05) is 42.0 Å².